The van der Waals surface area contributed by atoms with Crippen molar-refractivity contribution < 1.29 is 13.2 Å². The van der Waals surface area contributed by atoms with Crippen LogP contribution in [0.15, 0.2) is 28.5 Å². The van der Waals surface area contributed by atoms with Crippen molar-refractivity contribution in [1.82, 2.24) is 14.2 Å². The molecule has 7 nitrogen and oxygen atoms in total. The van der Waals surface area contributed by atoms with Crippen molar-refractivity contribution >= 4 is 32.4 Å². The summed E-state index contributed by atoms with van der Waals surface area (Å²) in [5, 5.41) is 3.04. The Hall–Kier alpha value is -1.97. The van der Waals surface area contributed by atoms with E-state index < -0.39 is 10.0 Å². The van der Waals surface area contributed by atoms with Crippen LogP contribution in [0.5, 0.6) is 0 Å². The summed E-state index contributed by atoms with van der Waals surface area (Å²) >= 11 is 1.63. The Morgan fingerprint density at radius 2 is 1.74 bits per heavy atom. The van der Waals surface area contributed by atoms with Crippen LogP contribution in [0.3, 0.4) is 0 Å². The summed E-state index contributed by atoms with van der Waals surface area (Å²) in [4.78, 5) is 22.1. The number of amides is 1. The highest BCUT2D eigenvalue weighted by Crippen LogP contribution is 2.26. The SMILES string of the molecule is Cc1csc(N2CCCN(C(=O)c3ccc(C)c(S(=O)(=O)N4CCCCC4)c3)CC2)n1. The lowest BCUT2D eigenvalue weighted by Crippen LogP contribution is -2.37. The van der Waals surface area contributed by atoms with E-state index in [-0.39, 0.29) is 10.8 Å². The molecule has 4 rings (SSSR count). The summed E-state index contributed by atoms with van der Waals surface area (Å²) in [6.07, 6.45) is 3.70. The predicted molar refractivity (Wildman–Crippen MR) is 123 cm³/mol. The number of benzene rings is 1. The van der Waals surface area contributed by atoms with E-state index in [4.69, 9.17) is 0 Å². The highest BCUT2D eigenvalue weighted by molar-refractivity contribution is 7.89. The fourth-order valence-corrected chi connectivity index (χ4v) is 6.86. The van der Waals surface area contributed by atoms with Crippen molar-refractivity contribution in [2.24, 2.45) is 0 Å². The summed E-state index contributed by atoms with van der Waals surface area (Å²) in [5.74, 6) is -0.104. The van der Waals surface area contributed by atoms with E-state index in [1.54, 1.807) is 40.8 Å². The average Bonchev–Trinajstić information content (AvgIpc) is 3.06. The molecule has 31 heavy (non-hydrogen) atoms. The molecule has 0 atom stereocenters. The Balaban J connectivity index is 1.51. The molecule has 0 radical (unpaired) electrons. The molecular weight excluding hydrogens is 432 g/mol. The maximum Gasteiger partial charge on any atom is 0.253 e. The van der Waals surface area contributed by atoms with Crippen LogP contribution in [0, 0.1) is 13.8 Å². The highest BCUT2D eigenvalue weighted by Gasteiger charge is 2.29. The Bertz CT molecular complexity index is 1040. The third-order valence-electron chi connectivity index (χ3n) is 6.03. The molecule has 1 aromatic heterocycles. The van der Waals surface area contributed by atoms with Gasteiger partial charge in [-0.1, -0.05) is 12.5 Å². The van der Waals surface area contributed by atoms with Crippen molar-refractivity contribution in [2.75, 3.05) is 44.2 Å². The second-order valence-corrected chi connectivity index (χ2v) is 11.1. The maximum absolute atomic E-state index is 13.3. The number of anilines is 1. The number of sulfonamides is 1. The van der Waals surface area contributed by atoms with E-state index in [0.717, 1.165) is 49.6 Å². The van der Waals surface area contributed by atoms with E-state index in [0.29, 0.717) is 37.3 Å². The van der Waals surface area contributed by atoms with Gasteiger partial charge in [0, 0.05) is 50.2 Å². The minimum absolute atomic E-state index is 0.104. The van der Waals surface area contributed by atoms with Crippen LogP contribution < -0.4 is 4.90 Å². The molecule has 0 unspecified atom stereocenters. The minimum Gasteiger partial charge on any atom is -0.346 e. The molecule has 2 aliphatic heterocycles. The first-order valence-electron chi connectivity index (χ1n) is 10.9. The topological polar surface area (TPSA) is 73.8 Å². The van der Waals surface area contributed by atoms with Crippen LogP contribution in [-0.4, -0.2) is 67.8 Å². The zero-order valence-electron chi connectivity index (χ0n) is 18.2. The first-order valence-corrected chi connectivity index (χ1v) is 13.3. The van der Waals surface area contributed by atoms with Crippen LogP contribution >= 0.6 is 11.3 Å². The lowest BCUT2D eigenvalue weighted by molar-refractivity contribution is 0.0766. The van der Waals surface area contributed by atoms with Gasteiger partial charge in [-0.2, -0.15) is 4.31 Å². The molecule has 168 valence electrons. The van der Waals surface area contributed by atoms with Crippen molar-refractivity contribution in [1.29, 1.82) is 0 Å². The van der Waals surface area contributed by atoms with Gasteiger partial charge in [0.05, 0.1) is 10.6 Å². The molecule has 0 bridgehead atoms. The largest absolute Gasteiger partial charge is 0.346 e. The van der Waals surface area contributed by atoms with E-state index in [2.05, 4.69) is 9.88 Å². The van der Waals surface area contributed by atoms with Crippen molar-refractivity contribution in [2.45, 2.75) is 44.4 Å². The molecule has 1 amide bonds. The number of aryl methyl sites for hydroxylation is 2. The first kappa shape index (κ1) is 22.2. The summed E-state index contributed by atoms with van der Waals surface area (Å²) in [7, 11) is -3.58. The zero-order chi connectivity index (χ0) is 22.0. The molecule has 2 aromatic rings. The molecule has 0 spiro atoms. The Morgan fingerprint density at radius 3 is 2.45 bits per heavy atom. The summed E-state index contributed by atoms with van der Waals surface area (Å²) < 4.78 is 28.0. The number of carbonyl (C=O) groups excluding carboxylic acids is 1. The molecular formula is C22H30N4O3S2. The molecule has 2 fully saturated rings. The highest BCUT2D eigenvalue weighted by atomic mass is 32.2. The van der Waals surface area contributed by atoms with Crippen LogP contribution in [0.25, 0.3) is 0 Å². The van der Waals surface area contributed by atoms with E-state index in [1.165, 1.54) is 0 Å². The number of piperidine rings is 1. The second-order valence-electron chi connectivity index (χ2n) is 8.35. The summed E-state index contributed by atoms with van der Waals surface area (Å²) in [6, 6.07) is 5.08. The fourth-order valence-electron chi connectivity index (χ4n) is 4.24. The van der Waals surface area contributed by atoms with Gasteiger partial charge in [-0.15, -0.1) is 11.3 Å². The molecule has 0 saturated carbocycles. The van der Waals surface area contributed by atoms with Gasteiger partial charge in [0.2, 0.25) is 10.0 Å². The predicted octanol–water partition coefficient (Wildman–Crippen LogP) is 3.29. The van der Waals surface area contributed by atoms with Gasteiger partial charge >= 0.3 is 0 Å². The standard InChI is InChI=1S/C22H30N4O3S2/c1-17-7-8-19(15-20(17)31(28,29)26-11-4-3-5-12-26)21(27)24-9-6-10-25(14-13-24)22-23-18(2)16-30-22/h7-8,15-16H,3-6,9-14H2,1-2H3. The second kappa shape index (κ2) is 9.26. The number of hydrogen-bond donors (Lipinski definition) is 0. The Morgan fingerprint density at radius 1 is 0.968 bits per heavy atom. The third kappa shape index (κ3) is 4.78. The van der Waals surface area contributed by atoms with E-state index in [1.807, 2.05) is 17.2 Å². The van der Waals surface area contributed by atoms with Crippen molar-refractivity contribution in [3.8, 4) is 0 Å². The lowest BCUT2D eigenvalue weighted by Gasteiger charge is -2.27. The monoisotopic (exact) mass is 462 g/mol. The normalized spacial score (nSPS) is 18.8. The van der Waals surface area contributed by atoms with Crippen molar-refractivity contribution in [3.63, 3.8) is 0 Å². The van der Waals surface area contributed by atoms with Gasteiger partial charge in [-0.3, -0.25) is 4.79 Å². The van der Waals surface area contributed by atoms with Gasteiger partial charge < -0.3 is 9.80 Å². The van der Waals surface area contributed by atoms with Crippen LogP contribution in [0.2, 0.25) is 0 Å². The molecule has 0 N–H and O–H groups in total. The van der Waals surface area contributed by atoms with Crippen LogP contribution in [-0.2, 0) is 10.0 Å². The number of rotatable bonds is 4. The molecule has 2 aliphatic rings. The van der Waals surface area contributed by atoms with Crippen LogP contribution in [0.4, 0.5) is 5.13 Å². The van der Waals surface area contributed by atoms with Crippen LogP contribution in [0.1, 0.15) is 47.3 Å². The van der Waals surface area contributed by atoms with E-state index >= 15 is 0 Å². The van der Waals surface area contributed by atoms with Crippen molar-refractivity contribution in [3.05, 3.63) is 40.4 Å². The Kier molecular flexibility index (Phi) is 6.64. The van der Waals surface area contributed by atoms with Gasteiger partial charge in [0.1, 0.15) is 0 Å². The number of nitrogens with zero attached hydrogens (tertiary/aromatic N) is 4. The minimum atomic E-state index is -3.58. The summed E-state index contributed by atoms with van der Waals surface area (Å²) in [6.45, 7) is 7.73. The number of thiazole rings is 1. The third-order valence-corrected chi connectivity index (χ3v) is 9.09. The molecule has 9 heteroatoms. The van der Waals surface area contributed by atoms with Gasteiger partial charge in [0.25, 0.3) is 5.91 Å². The molecule has 0 aliphatic carbocycles. The number of aromatic nitrogens is 1. The molecule has 3 heterocycles. The number of hydrogen-bond acceptors (Lipinski definition) is 6. The lowest BCUT2D eigenvalue weighted by atomic mass is 10.1. The quantitative estimate of drug-likeness (QED) is 0.697. The zero-order valence-corrected chi connectivity index (χ0v) is 19.8. The first-order chi connectivity index (χ1) is 14.9. The fraction of sp³-hybridized carbons (Fsp3) is 0.545. The van der Waals surface area contributed by atoms with E-state index in [9.17, 15) is 13.2 Å². The average molecular weight is 463 g/mol. The number of carbonyl (C=O) groups is 1. The summed E-state index contributed by atoms with van der Waals surface area (Å²) in [5.41, 5.74) is 2.14. The smallest absolute Gasteiger partial charge is 0.253 e. The van der Waals surface area contributed by atoms with Gasteiger partial charge in [-0.05, 0) is 50.8 Å². The van der Waals surface area contributed by atoms with Gasteiger partial charge in [-0.25, -0.2) is 13.4 Å². The molecule has 2 saturated heterocycles. The Labute approximate surface area is 188 Å². The van der Waals surface area contributed by atoms with Gasteiger partial charge in [0.15, 0.2) is 5.13 Å². The maximum atomic E-state index is 13.3. The molecule has 1 aromatic carbocycles.